The van der Waals surface area contributed by atoms with Gasteiger partial charge in [0.1, 0.15) is 5.82 Å². The Morgan fingerprint density at radius 3 is 2.67 bits per heavy atom. The summed E-state index contributed by atoms with van der Waals surface area (Å²) in [5.74, 6) is 2.05. The molecule has 0 spiro atoms. The highest BCUT2D eigenvalue weighted by Crippen LogP contribution is 2.40. The Balaban J connectivity index is 1.82. The van der Waals surface area contributed by atoms with Gasteiger partial charge in [0.05, 0.1) is 0 Å². The second kappa shape index (κ2) is 4.73. The van der Waals surface area contributed by atoms with E-state index in [1.54, 1.807) is 0 Å². The van der Waals surface area contributed by atoms with E-state index in [9.17, 15) is 0 Å². The number of halogens is 1. The van der Waals surface area contributed by atoms with E-state index in [2.05, 4.69) is 46.0 Å². The van der Waals surface area contributed by atoms with Crippen LogP contribution >= 0.6 is 11.6 Å². The van der Waals surface area contributed by atoms with Crippen LogP contribution in [0.5, 0.6) is 0 Å². The van der Waals surface area contributed by atoms with Crippen LogP contribution in [0.2, 0.25) is 5.28 Å². The van der Waals surface area contributed by atoms with Crippen LogP contribution in [0.25, 0.3) is 0 Å². The molecule has 1 aromatic heterocycles. The van der Waals surface area contributed by atoms with E-state index in [-0.39, 0.29) is 0 Å². The van der Waals surface area contributed by atoms with Crippen LogP contribution in [0.4, 0.5) is 0 Å². The molecule has 4 heteroatoms. The lowest BCUT2D eigenvalue weighted by Gasteiger charge is -2.14. The summed E-state index contributed by atoms with van der Waals surface area (Å²) in [5.41, 5.74) is 1.32. The molecule has 18 heavy (non-hydrogen) atoms. The summed E-state index contributed by atoms with van der Waals surface area (Å²) in [6.07, 6.45) is 2.43. The monoisotopic (exact) mass is 261 g/mol. The summed E-state index contributed by atoms with van der Waals surface area (Å²) in [7, 11) is 0. The van der Waals surface area contributed by atoms with Crippen molar-refractivity contribution in [2.45, 2.75) is 38.1 Å². The Morgan fingerprint density at radius 1 is 1.28 bits per heavy atom. The second-order valence-corrected chi connectivity index (χ2v) is 5.36. The Kier molecular flexibility index (Phi) is 3.08. The first kappa shape index (κ1) is 11.7. The van der Waals surface area contributed by atoms with Gasteiger partial charge < -0.3 is 4.57 Å². The summed E-state index contributed by atoms with van der Waals surface area (Å²) in [6, 6.07) is 10.5. The van der Waals surface area contributed by atoms with E-state index in [4.69, 9.17) is 11.6 Å². The van der Waals surface area contributed by atoms with Crippen LogP contribution in [0.1, 0.15) is 43.0 Å². The molecule has 0 aliphatic heterocycles. The average molecular weight is 262 g/mol. The smallest absolute Gasteiger partial charge is 0.225 e. The second-order valence-electron chi connectivity index (χ2n) is 5.02. The van der Waals surface area contributed by atoms with Gasteiger partial charge in [0.2, 0.25) is 5.28 Å². The van der Waals surface area contributed by atoms with Gasteiger partial charge in [-0.15, -0.1) is 10.2 Å². The fourth-order valence-electron chi connectivity index (χ4n) is 2.27. The minimum absolute atomic E-state index is 0.414. The van der Waals surface area contributed by atoms with E-state index in [0.717, 1.165) is 12.4 Å². The number of nitrogens with zero attached hydrogens (tertiary/aromatic N) is 3. The number of aromatic nitrogens is 3. The molecule has 0 saturated heterocycles. The number of rotatable bonds is 4. The highest BCUT2D eigenvalue weighted by Gasteiger charge is 2.30. The molecule has 1 saturated carbocycles. The molecular weight excluding hydrogens is 246 g/mol. The highest BCUT2D eigenvalue weighted by molar-refractivity contribution is 6.28. The third kappa shape index (κ3) is 2.27. The molecule has 0 N–H and O–H groups in total. The first-order valence-electron chi connectivity index (χ1n) is 6.39. The van der Waals surface area contributed by atoms with Crippen LogP contribution in [0, 0.1) is 0 Å². The van der Waals surface area contributed by atoms with Crippen molar-refractivity contribution in [1.29, 1.82) is 0 Å². The van der Waals surface area contributed by atoms with Gasteiger partial charge in [0.25, 0.3) is 0 Å². The lowest BCUT2D eigenvalue weighted by molar-refractivity contribution is 0.573. The van der Waals surface area contributed by atoms with Gasteiger partial charge >= 0.3 is 0 Å². The molecule has 3 rings (SSSR count). The molecule has 0 amide bonds. The van der Waals surface area contributed by atoms with Crippen molar-refractivity contribution in [3.05, 3.63) is 47.0 Å². The third-order valence-corrected chi connectivity index (χ3v) is 3.78. The van der Waals surface area contributed by atoms with E-state index in [1.165, 1.54) is 18.4 Å². The maximum atomic E-state index is 6.14. The zero-order valence-electron chi connectivity index (χ0n) is 10.4. The van der Waals surface area contributed by atoms with Crippen molar-refractivity contribution >= 4 is 11.6 Å². The number of hydrogen-bond acceptors (Lipinski definition) is 2. The summed E-state index contributed by atoms with van der Waals surface area (Å²) >= 11 is 6.14. The number of benzene rings is 1. The third-order valence-electron chi connectivity index (χ3n) is 3.50. The van der Waals surface area contributed by atoms with E-state index in [0.29, 0.717) is 17.1 Å². The summed E-state index contributed by atoms with van der Waals surface area (Å²) in [5, 5.41) is 8.72. The minimum atomic E-state index is 0.414. The SMILES string of the molecule is CC(Cn1c(Cl)nnc1C1CC1)c1ccccc1. The molecule has 94 valence electrons. The first-order chi connectivity index (χ1) is 8.75. The van der Waals surface area contributed by atoms with Crippen LogP contribution in [-0.4, -0.2) is 14.8 Å². The van der Waals surface area contributed by atoms with Crippen molar-refractivity contribution in [3.8, 4) is 0 Å². The van der Waals surface area contributed by atoms with Crippen molar-refractivity contribution in [1.82, 2.24) is 14.8 Å². The molecular formula is C14H16ClN3. The zero-order chi connectivity index (χ0) is 12.5. The topological polar surface area (TPSA) is 30.7 Å². The lowest BCUT2D eigenvalue weighted by atomic mass is 10.0. The van der Waals surface area contributed by atoms with E-state index in [1.807, 2.05) is 6.07 Å². The van der Waals surface area contributed by atoms with Crippen molar-refractivity contribution in [2.75, 3.05) is 0 Å². The Hall–Kier alpha value is -1.35. The quantitative estimate of drug-likeness (QED) is 0.842. The molecule has 0 radical (unpaired) electrons. The van der Waals surface area contributed by atoms with Gasteiger partial charge in [0.15, 0.2) is 0 Å². The van der Waals surface area contributed by atoms with E-state index < -0.39 is 0 Å². The van der Waals surface area contributed by atoms with E-state index >= 15 is 0 Å². The lowest BCUT2D eigenvalue weighted by Crippen LogP contribution is -2.09. The van der Waals surface area contributed by atoms with Crippen LogP contribution in [0.15, 0.2) is 30.3 Å². The Labute approximate surface area is 112 Å². The van der Waals surface area contributed by atoms with Crippen molar-refractivity contribution in [2.24, 2.45) is 0 Å². The predicted octanol–water partition coefficient (Wildman–Crippen LogP) is 3.61. The molecule has 1 aliphatic carbocycles. The van der Waals surface area contributed by atoms with Gasteiger partial charge in [-0.25, -0.2) is 0 Å². The summed E-state index contributed by atoms with van der Waals surface area (Å²) < 4.78 is 2.07. The summed E-state index contributed by atoms with van der Waals surface area (Å²) in [6.45, 7) is 3.06. The highest BCUT2D eigenvalue weighted by atomic mass is 35.5. The van der Waals surface area contributed by atoms with Gasteiger partial charge in [-0.2, -0.15) is 0 Å². The van der Waals surface area contributed by atoms with Gasteiger partial charge in [-0.05, 0) is 35.9 Å². The standard InChI is InChI=1S/C14H16ClN3/c1-10(11-5-3-2-4-6-11)9-18-13(12-7-8-12)16-17-14(18)15/h2-6,10,12H,7-9H2,1H3. The van der Waals surface area contributed by atoms with Crippen LogP contribution in [0.3, 0.4) is 0 Å². The maximum absolute atomic E-state index is 6.14. The maximum Gasteiger partial charge on any atom is 0.225 e. The molecule has 1 heterocycles. The van der Waals surface area contributed by atoms with Crippen molar-refractivity contribution < 1.29 is 0 Å². The van der Waals surface area contributed by atoms with Crippen LogP contribution in [-0.2, 0) is 6.54 Å². The normalized spacial score (nSPS) is 16.8. The van der Waals surface area contributed by atoms with Crippen molar-refractivity contribution in [3.63, 3.8) is 0 Å². The molecule has 2 aromatic rings. The minimum Gasteiger partial charge on any atom is -0.301 e. The largest absolute Gasteiger partial charge is 0.301 e. The average Bonchev–Trinajstić information content (AvgIpc) is 3.17. The van der Waals surface area contributed by atoms with Gasteiger partial charge in [0, 0.05) is 12.5 Å². The molecule has 1 fully saturated rings. The molecule has 1 aromatic carbocycles. The van der Waals surface area contributed by atoms with Gasteiger partial charge in [-0.3, -0.25) is 0 Å². The van der Waals surface area contributed by atoms with Gasteiger partial charge in [-0.1, -0.05) is 37.3 Å². The molecule has 1 unspecified atom stereocenters. The number of hydrogen-bond donors (Lipinski definition) is 0. The molecule has 1 atom stereocenters. The molecule has 3 nitrogen and oxygen atoms in total. The fourth-order valence-corrected chi connectivity index (χ4v) is 2.46. The molecule has 0 bridgehead atoms. The zero-order valence-corrected chi connectivity index (χ0v) is 11.1. The summed E-state index contributed by atoms with van der Waals surface area (Å²) in [4.78, 5) is 0. The Bertz CT molecular complexity index is 531. The fraction of sp³-hybridized carbons (Fsp3) is 0.429. The van der Waals surface area contributed by atoms with Crippen LogP contribution < -0.4 is 0 Å². The Morgan fingerprint density at radius 2 is 2.00 bits per heavy atom. The first-order valence-corrected chi connectivity index (χ1v) is 6.77. The molecule has 1 aliphatic rings. The predicted molar refractivity (Wildman–Crippen MR) is 71.9 cm³/mol.